The lowest BCUT2D eigenvalue weighted by Crippen LogP contribution is -2.13. The van der Waals surface area contributed by atoms with Gasteiger partial charge in [-0.25, -0.2) is 9.67 Å². The number of aliphatic hydroxyl groups is 1. The molecule has 1 aliphatic carbocycles. The van der Waals surface area contributed by atoms with Crippen LogP contribution in [0.4, 0.5) is 0 Å². The number of nitrogens with zero attached hydrogens (tertiary/aromatic N) is 3. The summed E-state index contributed by atoms with van der Waals surface area (Å²) in [5.74, 6) is 0.705. The third kappa shape index (κ3) is 1.95. The number of hydrogen-bond acceptors (Lipinski definition) is 3. The van der Waals surface area contributed by atoms with E-state index < -0.39 is 0 Å². The summed E-state index contributed by atoms with van der Waals surface area (Å²) in [7, 11) is 0. The lowest BCUT2D eigenvalue weighted by atomic mass is 10.1. The Kier molecular flexibility index (Phi) is 3.14. The van der Waals surface area contributed by atoms with E-state index in [2.05, 4.69) is 10.1 Å². The summed E-state index contributed by atoms with van der Waals surface area (Å²) in [6, 6.07) is 0.460. The molecule has 4 heteroatoms. The quantitative estimate of drug-likeness (QED) is 0.730. The molecule has 1 saturated carbocycles. The first-order valence-corrected chi connectivity index (χ1v) is 5.41. The van der Waals surface area contributed by atoms with Crippen molar-refractivity contribution in [2.24, 2.45) is 0 Å². The molecule has 1 aromatic rings. The predicted octanol–water partition coefficient (Wildman–Crippen LogP) is 1.67. The van der Waals surface area contributed by atoms with Crippen LogP contribution < -0.4 is 0 Å². The SMILES string of the molecule is OCc1ncnn1C1CCCCCC1. The molecule has 1 aromatic heterocycles. The number of rotatable bonds is 2. The van der Waals surface area contributed by atoms with Gasteiger partial charge in [0.1, 0.15) is 12.9 Å². The molecule has 0 saturated heterocycles. The maximum Gasteiger partial charge on any atom is 0.152 e. The monoisotopic (exact) mass is 195 g/mol. The fraction of sp³-hybridized carbons (Fsp3) is 0.800. The van der Waals surface area contributed by atoms with Crippen molar-refractivity contribution in [1.29, 1.82) is 0 Å². The van der Waals surface area contributed by atoms with Gasteiger partial charge < -0.3 is 5.11 Å². The molecule has 1 heterocycles. The first kappa shape index (κ1) is 9.65. The molecule has 0 bridgehead atoms. The third-order valence-electron chi connectivity index (χ3n) is 2.96. The molecule has 78 valence electrons. The van der Waals surface area contributed by atoms with E-state index in [4.69, 9.17) is 5.11 Å². The van der Waals surface area contributed by atoms with Gasteiger partial charge in [0.2, 0.25) is 0 Å². The van der Waals surface area contributed by atoms with E-state index in [0.29, 0.717) is 11.9 Å². The summed E-state index contributed by atoms with van der Waals surface area (Å²) >= 11 is 0. The fourth-order valence-electron chi connectivity index (χ4n) is 2.19. The van der Waals surface area contributed by atoms with Gasteiger partial charge in [0.05, 0.1) is 6.04 Å². The van der Waals surface area contributed by atoms with Crippen LogP contribution >= 0.6 is 0 Å². The van der Waals surface area contributed by atoms with Gasteiger partial charge in [-0.15, -0.1) is 0 Å². The molecule has 0 atom stereocenters. The van der Waals surface area contributed by atoms with Crippen LogP contribution in [0.3, 0.4) is 0 Å². The van der Waals surface area contributed by atoms with Crippen LogP contribution in [0.25, 0.3) is 0 Å². The van der Waals surface area contributed by atoms with Crippen molar-refractivity contribution >= 4 is 0 Å². The second-order valence-electron chi connectivity index (χ2n) is 3.92. The standard InChI is InChI=1S/C10H17N3O/c14-7-10-11-8-12-13(10)9-5-3-1-2-4-6-9/h8-9,14H,1-7H2. The lowest BCUT2D eigenvalue weighted by Gasteiger charge is -2.15. The van der Waals surface area contributed by atoms with Crippen molar-refractivity contribution < 1.29 is 5.11 Å². The van der Waals surface area contributed by atoms with Crippen LogP contribution in [-0.4, -0.2) is 19.9 Å². The maximum atomic E-state index is 9.08. The van der Waals surface area contributed by atoms with E-state index in [-0.39, 0.29) is 6.61 Å². The first-order chi connectivity index (χ1) is 6.92. The summed E-state index contributed by atoms with van der Waals surface area (Å²) in [5.41, 5.74) is 0. The van der Waals surface area contributed by atoms with E-state index in [0.717, 1.165) is 0 Å². The Labute approximate surface area is 84.0 Å². The van der Waals surface area contributed by atoms with Gasteiger partial charge in [0.15, 0.2) is 5.82 Å². The second-order valence-corrected chi connectivity index (χ2v) is 3.92. The molecule has 4 nitrogen and oxygen atoms in total. The topological polar surface area (TPSA) is 50.9 Å². The summed E-state index contributed by atoms with van der Waals surface area (Å²) in [5, 5.41) is 13.3. The highest BCUT2D eigenvalue weighted by Crippen LogP contribution is 2.26. The molecule has 0 radical (unpaired) electrons. The van der Waals surface area contributed by atoms with E-state index in [1.165, 1.54) is 44.9 Å². The molecule has 0 amide bonds. The molecular formula is C10H17N3O. The Morgan fingerprint density at radius 2 is 2.00 bits per heavy atom. The number of aromatic nitrogens is 3. The molecule has 0 aromatic carbocycles. The third-order valence-corrected chi connectivity index (χ3v) is 2.96. The van der Waals surface area contributed by atoms with Crippen molar-refractivity contribution in [3.05, 3.63) is 12.2 Å². The Hall–Kier alpha value is -0.900. The van der Waals surface area contributed by atoms with Crippen LogP contribution in [0, 0.1) is 0 Å². The first-order valence-electron chi connectivity index (χ1n) is 5.41. The highest BCUT2D eigenvalue weighted by Gasteiger charge is 2.17. The van der Waals surface area contributed by atoms with Gasteiger partial charge in [-0.3, -0.25) is 0 Å². The predicted molar refractivity (Wildman–Crippen MR) is 52.7 cm³/mol. The Morgan fingerprint density at radius 3 is 2.64 bits per heavy atom. The molecule has 2 rings (SSSR count). The maximum absolute atomic E-state index is 9.08. The molecular weight excluding hydrogens is 178 g/mol. The molecule has 0 unspecified atom stereocenters. The minimum absolute atomic E-state index is 0.00347. The van der Waals surface area contributed by atoms with Crippen molar-refractivity contribution in [2.75, 3.05) is 0 Å². The van der Waals surface area contributed by atoms with Crippen LogP contribution in [0.5, 0.6) is 0 Å². The zero-order valence-corrected chi connectivity index (χ0v) is 8.39. The van der Waals surface area contributed by atoms with Crippen molar-refractivity contribution in [2.45, 2.75) is 51.2 Å². The van der Waals surface area contributed by atoms with Crippen molar-refractivity contribution in [1.82, 2.24) is 14.8 Å². The molecule has 0 aliphatic heterocycles. The highest BCUT2D eigenvalue weighted by molar-refractivity contribution is 4.85. The summed E-state index contributed by atoms with van der Waals surface area (Å²) < 4.78 is 1.91. The molecule has 1 fully saturated rings. The summed E-state index contributed by atoms with van der Waals surface area (Å²) in [4.78, 5) is 4.04. The minimum Gasteiger partial charge on any atom is -0.388 e. The summed E-state index contributed by atoms with van der Waals surface area (Å²) in [6.45, 7) is -0.00347. The summed E-state index contributed by atoms with van der Waals surface area (Å²) in [6.07, 6.45) is 9.10. The Bertz CT molecular complexity index is 277. The molecule has 1 N–H and O–H groups in total. The van der Waals surface area contributed by atoms with E-state index >= 15 is 0 Å². The Morgan fingerprint density at radius 1 is 1.29 bits per heavy atom. The van der Waals surface area contributed by atoms with Gasteiger partial charge in [-0.1, -0.05) is 25.7 Å². The zero-order valence-electron chi connectivity index (χ0n) is 8.39. The van der Waals surface area contributed by atoms with Crippen LogP contribution in [0.1, 0.15) is 50.4 Å². The molecule has 0 spiro atoms. The van der Waals surface area contributed by atoms with Gasteiger partial charge in [0.25, 0.3) is 0 Å². The van der Waals surface area contributed by atoms with Crippen molar-refractivity contribution in [3.8, 4) is 0 Å². The largest absolute Gasteiger partial charge is 0.388 e. The van der Waals surface area contributed by atoms with E-state index in [1.807, 2.05) is 4.68 Å². The zero-order chi connectivity index (χ0) is 9.80. The van der Waals surface area contributed by atoms with E-state index in [1.54, 1.807) is 0 Å². The minimum atomic E-state index is -0.00347. The smallest absolute Gasteiger partial charge is 0.152 e. The van der Waals surface area contributed by atoms with Crippen LogP contribution in [0.15, 0.2) is 6.33 Å². The Balaban J connectivity index is 2.11. The second kappa shape index (κ2) is 4.55. The normalized spacial score (nSPS) is 19.5. The fourth-order valence-corrected chi connectivity index (χ4v) is 2.19. The average molecular weight is 195 g/mol. The number of hydrogen-bond donors (Lipinski definition) is 1. The van der Waals surface area contributed by atoms with Gasteiger partial charge in [-0.05, 0) is 12.8 Å². The molecule has 1 aliphatic rings. The van der Waals surface area contributed by atoms with E-state index in [9.17, 15) is 0 Å². The highest BCUT2D eigenvalue weighted by atomic mass is 16.3. The van der Waals surface area contributed by atoms with Crippen LogP contribution in [-0.2, 0) is 6.61 Å². The van der Waals surface area contributed by atoms with Crippen LogP contribution in [0.2, 0.25) is 0 Å². The molecule has 14 heavy (non-hydrogen) atoms. The van der Waals surface area contributed by atoms with Gasteiger partial charge in [-0.2, -0.15) is 5.10 Å². The van der Waals surface area contributed by atoms with Gasteiger partial charge >= 0.3 is 0 Å². The average Bonchev–Trinajstić information content (AvgIpc) is 2.52. The number of aliphatic hydroxyl groups excluding tert-OH is 1. The van der Waals surface area contributed by atoms with Crippen molar-refractivity contribution in [3.63, 3.8) is 0 Å². The lowest BCUT2D eigenvalue weighted by molar-refractivity contribution is 0.252. The van der Waals surface area contributed by atoms with Gasteiger partial charge in [0, 0.05) is 0 Å².